The largest absolute Gasteiger partial charge is 0.384 e. The van der Waals surface area contributed by atoms with E-state index in [2.05, 4.69) is 0 Å². The molecule has 1 aliphatic heterocycles. The third-order valence-corrected chi connectivity index (χ3v) is 8.41. The molecule has 2 atom stereocenters. The number of halogens is 2. The Hall–Kier alpha value is -2.13. The zero-order valence-electron chi connectivity index (χ0n) is 15.9. The molecule has 10 heteroatoms. The van der Waals surface area contributed by atoms with Gasteiger partial charge in [0.15, 0.2) is 0 Å². The third-order valence-electron chi connectivity index (χ3n) is 5.93. The van der Waals surface area contributed by atoms with Crippen LogP contribution in [-0.2, 0) is 20.2 Å². The molecule has 2 aliphatic rings. The molecule has 0 aromatic heterocycles. The van der Waals surface area contributed by atoms with Crippen molar-refractivity contribution in [1.82, 2.24) is 4.31 Å². The highest BCUT2D eigenvalue weighted by atomic mass is 35.5. The minimum Gasteiger partial charge on any atom is -0.384 e. The van der Waals surface area contributed by atoms with Gasteiger partial charge in [-0.3, -0.25) is 14.4 Å². The molecule has 158 valence electrons. The third kappa shape index (κ3) is 3.19. The molecule has 1 heterocycles. The Morgan fingerprint density at radius 1 is 1.17 bits per heavy atom. The minimum atomic E-state index is -3.87. The first-order valence-electron chi connectivity index (χ1n) is 9.05. The highest BCUT2D eigenvalue weighted by Crippen LogP contribution is 2.68. The zero-order valence-corrected chi connectivity index (χ0v) is 18.2. The van der Waals surface area contributed by atoms with Crippen LogP contribution in [0.2, 0.25) is 10.0 Å². The van der Waals surface area contributed by atoms with Crippen LogP contribution in [0.3, 0.4) is 0 Å². The van der Waals surface area contributed by atoms with Crippen molar-refractivity contribution < 1.29 is 18.1 Å². The second kappa shape index (κ2) is 7.23. The number of hydrogen-bond acceptors (Lipinski definition) is 5. The van der Waals surface area contributed by atoms with Gasteiger partial charge < -0.3 is 4.74 Å². The number of fused-ring (bicyclic) bond motifs is 1. The SMILES string of the molecule is COC[C@]12CN(S(=O)(=O)c3ccc([N+](=O)[O-])cc3)C=C[C@@]1(c1ccc(Cl)c(Cl)c1)C2. The standard InChI is InChI=1S/C20H18Cl2N2O5S/c1-29-13-19-11-20(19,14-2-7-17(21)18(22)10-14)8-9-23(12-19)30(27,28)16-5-3-15(4-6-16)24(25)26/h2-10H,11-13H2,1H3/t19-,20-/m0/s1. The summed E-state index contributed by atoms with van der Waals surface area (Å²) >= 11 is 12.3. The Morgan fingerprint density at radius 3 is 2.47 bits per heavy atom. The molecule has 2 aromatic rings. The van der Waals surface area contributed by atoms with Gasteiger partial charge in [-0.15, -0.1) is 0 Å². The maximum absolute atomic E-state index is 13.1. The summed E-state index contributed by atoms with van der Waals surface area (Å²) in [5.74, 6) is 0. The van der Waals surface area contributed by atoms with Gasteiger partial charge in [0.1, 0.15) is 0 Å². The summed E-state index contributed by atoms with van der Waals surface area (Å²) in [4.78, 5) is 10.3. The average Bonchev–Trinajstić information content (AvgIpc) is 3.39. The van der Waals surface area contributed by atoms with E-state index < -0.39 is 25.8 Å². The lowest BCUT2D eigenvalue weighted by Crippen LogP contribution is -2.40. The smallest absolute Gasteiger partial charge is 0.269 e. The number of non-ortho nitro benzene ring substituents is 1. The van der Waals surface area contributed by atoms with Crippen molar-refractivity contribution in [2.24, 2.45) is 5.41 Å². The van der Waals surface area contributed by atoms with Gasteiger partial charge in [0, 0.05) is 42.8 Å². The predicted octanol–water partition coefficient (Wildman–Crippen LogP) is 4.39. The average molecular weight is 469 g/mol. The molecule has 0 radical (unpaired) electrons. The van der Waals surface area contributed by atoms with Crippen molar-refractivity contribution in [2.45, 2.75) is 16.7 Å². The van der Waals surface area contributed by atoms with E-state index in [0.717, 1.165) is 5.56 Å². The molecule has 2 aromatic carbocycles. The zero-order chi connectivity index (χ0) is 21.7. The maximum Gasteiger partial charge on any atom is 0.269 e. The molecular formula is C20H18Cl2N2O5S. The van der Waals surface area contributed by atoms with Crippen LogP contribution in [0.1, 0.15) is 12.0 Å². The topological polar surface area (TPSA) is 89.8 Å². The van der Waals surface area contributed by atoms with Crippen LogP contribution in [-0.4, -0.2) is 37.9 Å². The first kappa shape index (κ1) is 21.1. The number of hydrogen-bond donors (Lipinski definition) is 0. The molecule has 30 heavy (non-hydrogen) atoms. The normalized spacial score (nSPS) is 25.1. The van der Waals surface area contributed by atoms with Gasteiger partial charge in [-0.2, -0.15) is 0 Å². The van der Waals surface area contributed by atoms with Crippen LogP contribution < -0.4 is 0 Å². The summed E-state index contributed by atoms with van der Waals surface area (Å²) in [5.41, 5.74) is -0.0438. The van der Waals surface area contributed by atoms with Crippen molar-refractivity contribution in [2.75, 3.05) is 20.3 Å². The van der Waals surface area contributed by atoms with Gasteiger partial charge >= 0.3 is 0 Å². The summed E-state index contributed by atoms with van der Waals surface area (Å²) in [6, 6.07) is 10.3. The number of nitrogens with zero attached hydrogens (tertiary/aromatic N) is 2. The van der Waals surface area contributed by atoms with E-state index in [-0.39, 0.29) is 17.1 Å². The number of benzene rings is 2. The Morgan fingerprint density at radius 2 is 1.87 bits per heavy atom. The molecule has 0 N–H and O–H groups in total. The number of ether oxygens (including phenoxy) is 1. The summed E-state index contributed by atoms with van der Waals surface area (Å²) in [6.45, 7) is 0.584. The van der Waals surface area contributed by atoms with Crippen molar-refractivity contribution in [3.05, 3.63) is 80.5 Å². The number of methoxy groups -OCH3 is 1. The molecule has 0 bridgehead atoms. The molecule has 7 nitrogen and oxygen atoms in total. The monoisotopic (exact) mass is 468 g/mol. The van der Waals surface area contributed by atoms with E-state index in [4.69, 9.17) is 27.9 Å². The fourth-order valence-corrected chi connectivity index (χ4v) is 5.99. The van der Waals surface area contributed by atoms with Crippen LogP contribution >= 0.6 is 23.2 Å². The highest BCUT2D eigenvalue weighted by Gasteiger charge is 2.69. The first-order valence-corrected chi connectivity index (χ1v) is 11.2. The lowest BCUT2D eigenvalue weighted by Gasteiger charge is -2.34. The number of nitro groups is 1. The van der Waals surface area contributed by atoms with Crippen molar-refractivity contribution >= 4 is 38.9 Å². The highest BCUT2D eigenvalue weighted by molar-refractivity contribution is 7.89. The Labute approximate surface area is 184 Å². The van der Waals surface area contributed by atoms with Gasteiger partial charge in [-0.25, -0.2) is 8.42 Å². The summed E-state index contributed by atoms with van der Waals surface area (Å²) in [6.07, 6.45) is 4.13. The molecule has 0 saturated heterocycles. The van der Waals surface area contributed by atoms with Crippen molar-refractivity contribution in [3.8, 4) is 0 Å². The summed E-state index contributed by atoms with van der Waals surface area (Å²) in [7, 11) is -2.29. The molecule has 0 amide bonds. The summed E-state index contributed by atoms with van der Waals surface area (Å²) < 4.78 is 33.0. The van der Waals surface area contributed by atoms with E-state index in [9.17, 15) is 18.5 Å². The lowest BCUT2D eigenvalue weighted by molar-refractivity contribution is -0.384. The molecule has 1 aliphatic carbocycles. The van der Waals surface area contributed by atoms with E-state index in [1.807, 2.05) is 18.2 Å². The minimum absolute atomic E-state index is 0.00648. The second-order valence-electron chi connectivity index (χ2n) is 7.61. The van der Waals surface area contributed by atoms with E-state index in [0.29, 0.717) is 23.1 Å². The molecule has 0 spiro atoms. The number of sulfonamides is 1. The quantitative estimate of drug-likeness (QED) is 0.462. The van der Waals surface area contributed by atoms with Crippen LogP contribution in [0.5, 0.6) is 0 Å². The molecule has 0 unspecified atom stereocenters. The van der Waals surface area contributed by atoms with E-state index >= 15 is 0 Å². The van der Waals surface area contributed by atoms with E-state index in [1.54, 1.807) is 19.4 Å². The first-order chi connectivity index (χ1) is 14.1. The van der Waals surface area contributed by atoms with Crippen LogP contribution in [0.25, 0.3) is 0 Å². The molecular weight excluding hydrogens is 451 g/mol. The fourth-order valence-electron chi connectivity index (χ4n) is 4.30. The van der Waals surface area contributed by atoms with Gasteiger partial charge in [-0.1, -0.05) is 35.3 Å². The lowest BCUT2D eigenvalue weighted by atomic mass is 9.84. The number of allylic oxidation sites excluding steroid dienone is 1. The Balaban J connectivity index is 1.70. The van der Waals surface area contributed by atoms with E-state index in [1.165, 1.54) is 28.6 Å². The second-order valence-corrected chi connectivity index (χ2v) is 10.3. The van der Waals surface area contributed by atoms with Gasteiger partial charge in [0.2, 0.25) is 0 Å². The van der Waals surface area contributed by atoms with Crippen LogP contribution in [0.4, 0.5) is 5.69 Å². The Bertz CT molecular complexity index is 1150. The maximum atomic E-state index is 13.1. The van der Waals surface area contributed by atoms with Gasteiger partial charge in [-0.05, 0) is 36.2 Å². The molecule has 1 saturated carbocycles. The molecule has 4 rings (SSSR count). The summed E-state index contributed by atoms with van der Waals surface area (Å²) in [5, 5.41) is 11.7. The molecule has 1 fully saturated rings. The predicted molar refractivity (Wildman–Crippen MR) is 113 cm³/mol. The number of nitro benzene ring substituents is 1. The van der Waals surface area contributed by atoms with Crippen molar-refractivity contribution in [1.29, 1.82) is 0 Å². The van der Waals surface area contributed by atoms with Crippen LogP contribution in [0, 0.1) is 15.5 Å². The van der Waals surface area contributed by atoms with Crippen LogP contribution in [0.15, 0.2) is 59.6 Å². The number of rotatable bonds is 6. The Kier molecular flexibility index (Phi) is 5.09. The van der Waals surface area contributed by atoms with Gasteiger partial charge in [0.25, 0.3) is 15.7 Å². The van der Waals surface area contributed by atoms with Crippen molar-refractivity contribution in [3.63, 3.8) is 0 Å². The van der Waals surface area contributed by atoms with Gasteiger partial charge in [0.05, 0.1) is 26.5 Å². The fraction of sp³-hybridized carbons (Fsp3) is 0.300.